The van der Waals surface area contributed by atoms with E-state index in [1.165, 1.54) is 5.69 Å². The van der Waals surface area contributed by atoms with Crippen molar-refractivity contribution >= 4 is 5.69 Å². The van der Waals surface area contributed by atoms with Gasteiger partial charge < -0.3 is 9.73 Å². The highest BCUT2D eigenvalue weighted by molar-refractivity contribution is 5.42. The van der Waals surface area contributed by atoms with Gasteiger partial charge in [-0.1, -0.05) is 18.2 Å². The van der Waals surface area contributed by atoms with Crippen molar-refractivity contribution < 1.29 is 4.42 Å². The molecule has 0 aliphatic carbocycles. The molecule has 1 N–H and O–H groups in total. The predicted octanol–water partition coefficient (Wildman–Crippen LogP) is 3.21. The lowest BCUT2D eigenvalue weighted by Crippen LogP contribution is -2.20. The molecule has 0 aliphatic heterocycles. The van der Waals surface area contributed by atoms with Crippen LogP contribution in [0.25, 0.3) is 0 Å². The summed E-state index contributed by atoms with van der Waals surface area (Å²) in [4.78, 5) is 2.27. The zero-order valence-electron chi connectivity index (χ0n) is 10.8. The van der Waals surface area contributed by atoms with E-state index in [-0.39, 0.29) is 0 Å². The summed E-state index contributed by atoms with van der Waals surface area (Å²) in [7, 11) is 2.12. The van der Waals surface area contributed by atoms with Crippen molar-refractivity contribution in [1.29, 1.82) is 0 Å². The fourth-order valence-corrected chi connectivity index (χ4v) is 1.89. The Morgan fingerprint density at radius 2 is 1.94 bits per heavy atom. The first-order valence-electron chi connectivity index (χ1n) is 6.34. The van der Waals surface area contributed by atoms with E-state index in [0.29, 0.717) is 0 Å². The first-order valence-corrected chi connectivity index (χ1v) is 6.34. The number of benzene rings is 1. The van der Waals surface area contributed by atoms with E-state index in [1.807, 2.05) is 30.3 Å². The van der Waals surface area contributed by atoms with Crippen LogP contribution in [0.4, 0.5) is 5.69 Å². The van der Waals surface area contributed by atoms with Crippen LogP contribution in [-0.2, 0) is 6.54 Å². The highest BCUT2D eigenvalue weighted by atomic mass is 16.3. The van der Waals surface area contributed by atoms with Gasteiger partial charge in [-0.2, -0.15) is 0 Å². The summed E-state index contributed by atoms with van der Waals surface area (Å²) < 4.78 is 5.32. The fourth-order valence-electron chi connectivity index (χ4n) is 1.89. The predicted molar refractivity (Wildman–Crippen MR) is 74.6 cm³/mol. The summed E-state index contributed by atoms with van der Waals surface area (Å²) in [6.45, 7) is 2.92. The summed E-state index contributed by atoms with van der Waals surface area (Å²) >= 11 is 0. The van der Waals surface area contributed by atoms with Crippen LogP contribution in [0.15, 0.2) is 53.1 Å². The molecule has 3 heteroatoms. The van der Waals surface area contributed by atoms with E-state index < -0.39 is 0 Å². The van der Waals surface area contributed by atoms with Crippen LogP contribution in [0.1, 0.15) is 12.2 Å². The van der Waals surface area contributed by atoms with Crippen molar-refractivity contribution in [2.45, 2.75) is 13.0 Å². The molecule has 2 rings (SSSR count). The van der Waals surface area contributed by atoms with E-state index in [2.05, 4.69) is 29.4 Å². The topological polar surface area (TPSA) is 28.4 Å². The molecule has 18 heavy (non-hydrogen) atoms. The van der Waals surface area contributed by atoms with E-state index in [0.717, 1.165) is 31.8 Å². The minimum absolute atomic E-state index is 0.873. The Kier molecular flexibility index (Phi) is 4.85. The molecule has 0 bridgehead atoms. The molecular weight excluding hydrogens is 224 g/mol. The third-order valence-electron chi connectivity index (χ3n) is 2.83. The average Bonchev–Trinajstić information content (AvgIpc) is 2.89. The van der Waals surface area contributed by atoms with Gasteiger partial charge in [0, 0.05) is 12.2 Å². The van der Waals surface area contributed by atoms with Gasteiger partial charge in [-0.3, -0.25) is 4.90 Å². The molecule has 0 spiro atoms. The van der Waals surface area contributed by atoms with E-state index in [9.17, 15) is 0 Å². The normalized spacial score (nSPS) is 10.8. The monoisotopic (exact) mass is 244 g/mol. The third kappa shape index (κ3) is 4.26. The number of hydrogen-bond donors (Lipinski definition) is 1. The van der Waals surface area contributed by atoms with Gasteiger partial charge in [-0.05, 0) is 44.3 Å². The molecule has 1 heterocycles. The fraction of sp³-hybridized carbons (Fsp3) is 0.333. The van der Waals surface area contributed by atoms with Gasteiger partial charge in [-0.15, -0.1) is 0 Å². The van der Waals surface area contributed by atoms with Gasteiger partial charge in [0.1, 0.15) is 5.76 Å². The van der Waals surface area contributed by atoms with Gasteiger partial charge in [-0.25, -0.2) is 0 Å². The van der Waals surface area contributed by atoms with Crippen molar-refractivity contribution in [2.24, 2.45) is 0 Å². The second-order valence-corrected chi connectivity index (χ2v) is 4.46. The van der Waals surface area contributed by atoms with Crippen molar-refractivity contribution in [3.63, 3.8) is 0 Å². The second kappa shape index (κ2) is 6.87. The standard InChI is InChI=1S/C15H20N2O/c1-17(13-15-9-5-12-18-15)11-6-10-16-14-7-3-2-4-8-14/h2-5,7-9,12,16H,6,10-11,13H2,1H3. The molecule has 0 fully saturated rings. The van der Waals surface area contributed by atoms with Crippen LogP contribution < -0.4 is 5.32 Å². The van der Waals surface area contributed by atoms with E-state index >= 15 is 0 Å². The SMILES string of the molecule is CN(CCCNc1ccccc1)Cc1ccco1. The van der Waals surface area contributed by atoms with Crippen molar-refractivity contribution in [3.05, 3.63) is 54.5 Å². The van der Waals surface area contributed by atoms with E-state index in [4.69, 9.17) is 4.42 Å². The Labute approximate surface area is 108 Å². The molecular formula is C15H20N2O. The molecule has 2 aromatic rings. The quantitative estimate of drug-likeness (QED) is 0.758. The maximum Gasteiger partial charge on any atom is 0.117 e. The summed E-state index contributed by atoms with van der Waals surface area (Å²) in [6, 6.07) is 14.2. The molecule has 0 aliphatic rings. The number of para-hydroxylation sites is 1. The Morgan fingerprint density at radius 3 is 2.67 bits per heavy atom. The molecule has 0 saturated heterocycles. The lowest BCUT2D eigenvalue weighted by molar-refractivity contribution is 0.294. The zero-order valence-corrected chi connectivity index (χ0v) is 10.8. The van der Waals surface area contributed by atoms with Gasteiger partial charge in [0.25, 0.3) is 0 Å². The molecule has 3 nitrogen and oxygen atoms in total. The molecule has 0 unspecified atom stereocenters. The smallest absolute Gasteiger partial charge is 0.117 e. The number of anilines is 1. The van der Waals surface area contributed by atoms with E-state index in [1.54, 1.807) is 6.26 Å². The second-order valence-electron chi connectivity index (χ2n) is 4.46. The molecule has 0 amide bonds. The summed E-state index contributed by atoms with van der Waals surface area (Å²) in [5, 5.41) is 3.41. The minimum Gasteiger partial charge on any atom is -0.468 e. The number of furan rings is 1. The number of rotatable bonds is 7. The first kappa shape index (κ1) is 12.7. The highest BCUT2D eigenvalue weighted by Crippen LogP contribution is 2.06. The molecule has 1 aromatic heterocycles. The van der Waals surface area contributed by atoms with Gasteiger partial charge in [0.05, 0.1) is 12.8 Å². The van der Waals surface area contributed by atoms with Crippen LogP contribution >= 0.6 is 0 Å². The Bertz CT molecular complexity index is 425. The summed E-state index contributed by atoms with van der Waals surface area (Å²) in [5.41, 5.74) is 1.19. The summed E-state index contributed by atoms with van der Waals surface area (Å²) in [5.74, 6) is 1.02. The number of hydrogen-bond acceptors (Lipinski definition) is 3. The van der Waals surface area contributed by atoms with Crippen LogP contribution in [0.2, 0.25) is 0 Å². The van der Waals surface area contributed by atoms with Gasteiger partial charge in [0.15, 0.2) is 0 Å². The van der Waals surface area contributed by atoms with Gasteiger partial charge >= 0.3 is 0 Å². The zero-order chi connectivity index (χ0) is 12.6. The lowest BCUT2D eigenvalue weighted by atomic mass is 10.3. The van der Waals surface area contributed by atoms with Crippen molar-refractivity contribution in [3.8, 4) is 0 Å². The highest BCUT2D eigenvalue weighted by Gasteiger charge is 2.01. The van der Waals surface area contributed by atoms with Crippen LogP contribution in [0.3, 0.4) is 0 Å². The minimum atomic E-state index is 0.873. The third-order valence-corrected chi connectivity index (χ3v) is 2.83. The van der Waals surface area contributed by atoms with Crippen LogP contribution in [0, 0.1) is 0 Å². The van der Waals surface area contributed by atoms with Crippen LogP contribution in [-0.4, -0.2) is 25.0 Å². The number of nitrogens with zero attached hydrogens (tertiary/aromatic N) is 1. The van der Waals surface area contributed by atoms with Crippen LogP contribution in [0.5, 0.6) is 0 Å². The van der Waals surface area contributed by atoms with Crippen molar-refractivity contribution in [1.82, 2.24) is 4.90 Å². The Balaban J connectivity index is 1.60. The number of nitrogens with one attached hydrogen (secondary N) is 1. The molecule has 1 aromatic carbocycles. The lowest BCUT2D eigenvalue weighted by Gasteiger charge is -2.15. The Morgan fingerprint density at radius 1 is 1.11 bits per heavy atom. The average molecular weight is 244 g/mol. The van der Waals surface area contributed by atoms with Crippen molar-refractivity contribution in [2.75, 3.05) is 25.5 Å². The molecule has 0 saturated carbocycles. The molecule has 0 atom stereocenters. The Hall–Kier alpha value is -1.74. The molecule has 0 radical (unpaired) electrons. The molecule has 96 valence electrons. The summed E-state index contributed by atoms with van der Waals surface area (Å²) in [6.07, 6.45) is 2.84. The maximum absolute atomic E-state index is 5.32. The first-order chi connectivity index (χ1) is 8.84. The maximum atomic E-state index is 5.32. The largest absolute Gasteiger partial charge is 0.468 e. The van der Waals surface area contributed by atoms with Gasteiger partial charge in [0.2, 0.25) is 0 Å².